The van der Waals surface area contributed by atoms with Crippen molar-refractivity contribution in [3.8, 4) is 11.3 Å². The van der Waals surface area contributed by atoms with Gasteiger partial charge in [0, 0.05) is 50.3 Å². The first-order chi connectivity index (χ1) is 13.7. The van der Waals surface area contributed by atoms with Gasteiger partial charge >= 0.3 is 0 Å². The van der Waals surface area contributed by atoms with E-state index in [1.165, 1.54) is 17.7 Å². The molecule has 0 bridgehead atoms. The fraction of sp³-hybridized carbons (Fsp3) is 0.286. The van der Waals surface area contributed by atoms with Crippen molar-refractivity contribution in [2.24, 2.45) is 5.73 Å². The number of benzene rings is 2. The van der Waals surface area contributed by atoms with Gasteiger partial charge in [0.1, 0.15) is 0 Å². The minimum absolute atomic E-state index is 0.0329. The molecule has 28 heavy (non-hydrogen) atoms. The van der Waals surface area contributed by atoms with E-state index in [1.807, 2.05) is 18.2 Å². The van der Waals surface area contributed by atoms with Crippen molar-refractivity contribution < 1.29 is 9.34 Å². The zero-order chi connectivity index (χ0) is 19.8. The third-order valence-electron chi connectivity index (χ3n) is 4.54. The van der Waals surface area contributed by atoms with Gasteiger partial charge in [0.05, 0.1) is 11.1 Å². The van der Waals surface area contributed by atoms with Crippen molar-refractivity contribution in [1.29, 1.82) is 0 Å². The van der Waals surface area contributed by atoms with E-state index in [4.69, 9.17) is 10.2 Å². The summed E-state index contributed by atoms with van der Waals surface area (Å²) in [4.78, 5) is 17.1. The largest absolute Gasteiger partial charge is 0.441 e. The molecule has 1 aromatic heterocycles. The number of nitrogens with zero attached hydrogens (tertiary/aromatic N) is 3. The molecule has 0 aliphatic carbocycles. The molecule has 3 aromatic rings. The van der Waals surface area contributed by atoms with Crippen LogP contribution >= 0.6 is 0 Å². The summed E-state index contributed by atoms with van der Waals surface area (Å²) < 4.78 is 5.80. The zero-order valence-corrected chi connectivity index (χ0v) is 15.7. The highest BCUT2D eigenvalue weighted by Crippen LogP contribution is 2.24. The summed E-state index contributed by atoms with van der Waals surface area (Å²) in [7, 11) is 0. The Balaban J connectivity index is 1.58. The predicted octanol–water partition coefficient (Wildman–Crippen LogP) is 3.30. The molecule has 0 saturated carbocycles. The van der Waals surface area contributed by atoms with Crippen LogP contribution in [0.5, 0.6) is 0 Å². The molecule has 0 amide bonds. The molecule has 0 atom stereocenters. The summed E-state index contributed by atoms with van der Waals surface area (Å²) in [5.41, 5.74) is 7.73. The average molecular weight is 380 g/mol. The van der Waals surface area contributed by atoms with Crippen molar-refractivity contribution in [2.75, 3.05) is 26.2 Å². The highest BCUT2D eigenvalue weighted by atomic mass is 16.6. The molecule has 2 N–H and O–H groups in total. The highest BCUT2D eigenvalue weighted by molar-refractivity contribution is 5.60. The second-order valence-electron chi connectivity index (χ2n) is 6.54. The van der Waals surface area contributed by atoms with Crippen molar-refractivity contribution in [3.05, 3.63) is 82.4 Å². The first-order valence-electron chi connectivity index (χ1n) is 9.31. The second kappa shape index (κ2) is 9.77. The van der Waals surface area contributed by atoms with Gasteiger partial charge in [-0.25, -0.2) is 4.98 Å². The molecule has 2 aromatic carbocycles. The minimum Gasteiger partial charge on any atom is -0.441 e. The first-order valence-corrected chi connectivity index (χ1v) is 9.31. The lowest BCUT2D eigenvalue weighted by Gasteiger charge is -2.20. The quantitative estimate of drug-likeness (QED) is 0.428. The monoisotopic (exact) mass is 380 g/mol. The van der Waals surface area contributed by atoms with Gasteiger partial charge in [-0.15, -0.1) is 0 Å². The molecule has 0 spiro atoms. The standard InChI is InChI=1S/C21H24N4O3/c22-11-14-24(12-9-17-5-2-1-3-6-17)13-10-21-23-16-20(28-21)18-7-4-8-19(15-18)25(26)27/h1-8,15-16H,9-14,22H2. The van der Waals surface area contributed by atoms with Gasteiger partial charge in [-0.05, 0) is 12.0 Å². The van der Waals surface area contributed by atoms with E-state index in [9.17, 15) is 10.1 Å². The Kier molecular flexibility index (Phi) is 6.89. The van der Waals surface area contributed by atoms with E-state index in [1.54, 1.807) is 18.3 Å². The van der Waals surface area contributed by atoms with Crippen LogP contribution in [0.25, 0.3) is 11.3 Å². The number of non-ortho nitro benzene ring substituents is 1. The van der Waals surface area contributed by atoms with E-state index in [2.05, 4.69) is 22.0 Å². The maximum atomic E-state index is 10.9. The molecule has 7 heteroatoms. The van der Waals surface area contributed by atoms with Crippen LogP contribution in [-0.2, 0) is 12.8 Å². The molecule has 0 unspecified atom stereocenters. The molecular formula is C21H24N4O3. The van der Waals surface area contributed by atoms with Crippen LogP contribution in [-0.4, -0.2) is 41.0 Å². The third-order valence-corrected chi connectivity index (χ3v) is 4.54. The first kappa shape index (κ1) is 19.7. The van der Waals surface area contributed by atoms with Gasteiger partial charge in [0.25, 0.3) is 5.69 Å². The Morgan fingerprint density at radius 2 is 1.82 bits per heavy atom. The second-order valence-corrected chi connectivity index (χ2v) is 6.54. The van der Waals surface area contributed by atoms with Crippen LogP contribution in [0.1, 0.15) is 11.5 Å². The van der Waals surface area contributed by atoms with Crippen LogP contribution in [0.4, 0.5) is 5.69 Å². The van der Waals surface area contributed by atoms with Gasteiger partial charge in [-0.3, -0.25) is 10.1 Å². The molecule has 0 radical (unpaired) electrons. The van der Waals surface area contributed by atoms with Gasteiger partial charge in [-0.1, -0.05) is 42.5 Å². The van der Waals surface area contributed by atoms with E-state index < -0.39 is 4.92 Å². The fourth-order valence-corrected chi connectivity index (χ4v) is 3.04. The Hall–Kier alpha value is -3.03. The summed E-state index contributed by atoms with van der Waals surface area (Å²) in [6.45, 7) is 3.11. The Labute approximate surface area is 164 Å². The zero-order valence-electron chi connectivity index (χ0n) is 15.7. The fourth-order valence-electron chi connectivity index (χ4n) is 3.04. The number of aromatic nitrogens is 1. The number of nitro groups is 1. The highest BCUT2D eigenvalue weighted by Gasteiger charge is 2.12. The van der Waals surface area contributed by atoms with E-state index in [0.717, 1.165) is 26.1 Å². The molecule has 146 valence electrons. The van der Waals surface area contributed by atoms with Crippen LogP contribution in [0, 0.1) is 10.1 Å². The van der Waals surface area contributed by atoms with Gasteiger partial charge in [-0.2, -0.15) is 0 Å². The normalized spacial score (nSPS) is 11.1. The number of nitro benzene ring substituents is 1. The summed E-state index contributed by atoms with van der Waals surface area (Å²) in [5, 5.41) is 10.9. The maximum Gasteiger partial charge on any atom is 0.270 e. The van der Waals surface area contributed by atoms with Gasteiger partial charge in [0.2, 0.25) is 0 Å². The number of hydrogen-bond acceptors (Lipinski definition) is 6. The van der Waals surface area contributed by atoms with Crippen molar-refractivity contribution in [1.82, 2.24) is 9.88 Å². The molecule has 1 heterocycles. The molecular weight excluding hydrogens is 356 g/mol. The molecule has 0 fully saturated rings. The summed E-state index contributed by atoms with van der Waals surface area (Å²) in [6.07, 6.45) is 3.24. The van der Waals surface area contributed by atoms with Crippen molar-refractivity contribution >= 4 is 5.69 Å². The van der Waals surface area contributed by atoms with E-state index >= 15 is 0 Å². The number of nitrogens with two attached hydrogens (primary N) is 1. The number of rotatable bonds is 10. The van der Waals surface area contributed by atoms with Crippen LogP contribution in [0.3, 0.4) is 0 Å². The Bertz CT molecular complexity index is 895. The van der Waals surface area contributed by atoms with Gasteiger partial charge in [0.15, 0.2) is 11.7 Å². The van der Waals surface area contributed by atoms with Gasteiger partial charge < -0.3 is 15.1 Å². The van der Waals surface area contributed by atoms with E-state index in [-0.39, 0.29) is 5.69 Å². The van der Waals surface area contributed by atoms with Crippen LogP contribution < -0.4 is 5.73 Å². The van der Waals surface area contributed by atoms with Crippen LogP contribution in [0.15, 0.2) is 65.2 Å². The summed E-state index contributed by atoms with van der Waals surface area (Å²) in [5.74, 6) is 1.15. The lowest BCUT2D eigenvalue weighted by molar-refractivity contribution is -0.384. The topological polar surface area (TPSA) is 98.4 Å². The summed E-state index contributed by atoms with van der Waals surface area (Å²) >= 11 is 0. The Morgan fingerprint density at radius 3 is 2.57 bits per heavy atom. The minimum atomic E-state index is -0.418. The smallest absolute Gasteiger partial charge is 0.270 e. The number of hydrogen-bond donors (Lipinski definition) is 1. The molecule has 0 aliphatic rings. The molecule has 7 nitrogen and oxygen atoms in total. The molecule has 3 rings (SSSR count). The lowest BCUT2D eigenvalue weighted by atomic mass is 10.1. The summed E-state index contributed by atoms with van der Waals surface area (Å²) in [6, 6.07) is 16.7. The lowest BCUT2D eigenvalue weighted by Crippen LogP contribution is -2.33. The van der Waals surface area contributed by atoms with Crippen molar-refractivity contribution in [2.45, 2.75) is 12.8 Å². The third kappa shape index (κ3) is 5.48. The Morgan fingerprint density at radius 1 is 1.04 bits per heavy atom. The average Bonchev–Trinajstić information content (AvgIpc) is 3.20. The van der Waals surface area contributed by atoms with Crippen LogP contribution in [0.2, 0.25) is 0 Å². The van der Waals surface area contributed by atoms with E-state index in [0.29, 0.717) is 30.2 Å². The predicted molar refractivity (Wildman–Crippen MR) is 108 cm³/mol. The molecule has 0 aliphatic heterocycles. The van der Waals surface area contributed by atoms with Crippen molar-refractivity contribution in [3.63, 3.8) is 0 Å². The molecule has 0 saturated heterocycles. The number of oxazole rings is 1. The SMILES string of the molecule is NCCN(CCc1ccccc1)CCc1ncc(-c2cccc([N+](=O)[O-])c2)o1. The maximum absolute atomic E-state index is 10.9.